The van der Waals surface area contributed by atoms with Gasteiger partial charge < -0.3 is 10.6 Å². The predicted molar refractivity (Wildman–Crippen MR) is 133 cm³/mol. The molecule has 3 aromatic rings. The summed E-state index contributed by atoms with van der Waals surface area (Å²) in [6, 6.07) is 10.2. The van der Waals surface area contributed by atoms with Gasteiger partial charge in [-0.1, -0.05) is 33.8 Å². The van der Waals surface area contributed by atoms with Crippen molar-refractivity contribution in [2.24, 2.45) is 5.92 Å². The molecule has 186 valence electrons. The first-order valence-corrected chi connectivity index (χ1v) is 12.8. The van der Waals surface area contributed by atoms with Gasteiger partial charge >= 0.3 is 0 Å². The van der Waals surface area contributed by atoms with Crippen LogP contribution in [0.1, 0.15) is 38.1 Å². The maximum atomic E-state index is 13.0. The first-order chi connectivity index (χ1) is 16.7. The minimum Gasteiger partial charge on any atom is -0.340 e. The molecule has 0 saturated carbocycles. The molecular weight excluding hydrogens is 468 g/mol. The summed E-state index contributed by atoms with van der Waals surface area (Å²) < 4.78 is 28.6. The van der Waals surface area contributed by atoms with Crippen LogP contribution in [0.5, 0.6) is 0 Å². The molecule has 0 bridgehead atoms. The van der Waals surface area contributed by atoms with E-state index in [1.54, 1.807) is 49.1 Å². The summed E-state index contributed by atoms with van der Waals surface area (Å²) >= 11 is 0. The van der Waals surface area contributed by atoms with E-state index in [2.05, 4.69) is 20.7 Å². The van der Waals surface area contributed by atoms with Crippen LogP contribution in [0.3, 0.4) is 0 Å². The Balaban J connectivity index is 1.73. The summed E-state index contributed by atoms with van der Waals surface area (Å²) in [6.45, 7) is 7.77. The van der Waals surface area contributed by atoms with Gasteiger partial charge in [0.15, 0.2) is 5.82 Å². The Morgan fingerprint density at radius 3 is 2.40 bits per heavy atom. The van der Waals surface area contributed by atoms with Gasteiger partial charge in [-0.2, -0.15) is 9.40 Å². The lowest BCUT2D eigenvalue weighted by molar-refractivity contribution is -0.118. The van der Waals surface area contributed by atoms with E-state index in [0.717, 1.165) is 0 Å². The number of hydrogen-bond acceptors (Lipinski definition) is 6. The van der Waals surface area contributed by atoms with Crippen molar-refractivity contribution >= 4 is 27.5 Å². The summed E-state index contributed by atoms with van der Waals surface area (Å²) in [7, 11) is -3.72. The molecule has 0 fully saturated rings. The Hall–Kier alpha value is -3.57. The molecule has 1 atom stereocenters. The number of sulfonamides is 1. The Bertz CT molecular complexity index is 1250. The standard InChI is InChI=1S/C24H30N6O4S/c1-5-29(6-2)35(33,34)20-10-7-9-18(15-20)23(31)28-22(17(3)4)24(32)27-19-11-12-21(25-16-19)30-14-8-13-26-30/h7-17,22H,5-6H2,1-4H3,(H,27,32)(H,28,31)/t22-/m0/s1. The first kappa shape index (κ1) is 26.0. The zero-order valence-corrected chi connectivity index (χ0v) is 21.0. The molecule has 2 amide bonds. The summed E-state index contributed by atoms with van der Waals surface area (Å²) in [5, 5.41) is 9.61. The third-order valence-electron chi connectivity index (χ3n) is 5.43. The lowest BCUT2D eigenvalue weighted by atomic mass is 10.0. The number of amides is 2. The molecule has 11 heteroatoms. The van der Waals surface area contributed by atoms with Crippen molar-refractivity contribution in [2.45, 2.75) is 38.6 Å². The Kier molecular flexibility index (Phi) is 8.36. The number of pyridine rings is 1. The SMILES string of the molecule is CCN(CC)S(=O)(=O)c1cccc(C(=O)N[C@H](C(=O)Nc2ccc(-n3cccn3)nc2)C(C)C)c1. The molecule has 0 unspecified atom stereocenters. The third kappa shape index (κ3) is 6.11. The molecule has 0 aliphatic carbocycles. The number of hydrogen-bond donors (Lipinski definition) is 2. The number of nitrogens with one attached hydrogen (secondary N) is 2. The van der Waals surface area contributed by atoms with E-state index in [4.69, 9.17) is 0 Å². The van der Waals surface area contributed by atoms with Gasteiger partial charge in [-0.25, -0.2) is 18.1 Å². The van der Waals surface area contributed by atoms with Gasteiger partial charge in [0.2, 0.25) is 15.9 Å². The highest BCUT2D eigenvalue weighted by Gasteiger charge is 2.27. The van der Waals surface area contributed by atoms with Crippen LogP contribution in [0.4, 0.5) is 5.69 Å². The van der Waals surface area contributed by atoms with E-state index in [0.29, 0.717) is 24.6 Å². The van der Waals surface area contributed by atoms with Gasteiger partial charge in [0, 0.05) is 31.0 Å². The van der Waals surface area contributed by atoms with Crippen molar-refractivity contribution in [1.82, 2.24) is 24.4 Å². The average Bonchev–Trinajstić information content (AvgIpc) is 3.38. The van der Waals surface area contributed by atoms with E-state index in [9.17, 15) is 18.0 Å². The van der Waals surface area contributed by atoms with E-state index in [1.165, 1.54) is 34.8 Å². The molecule has 0 saturated heterocycles. The van der Waals surface area contributed by atoms with E-state index >= 15 is 0 Å². The number of nitrogens with zero attached hydrogens (tertiary/aromatic N) is 4. The summed E-state index contributed by atoms with van der Waals surface area (Å²) in [5.41, 5.74) is 0.625. The fourth-order valence-corrected chi connectivity index (χ4v) is 4.99. The summed E-state index contributed by atoms with van der Waals surface area (Å²) in [4.78, 5) is 30.2. The van der Waals surface area contributed by atoms with Crippen molar-refractivity contribution in [1.29, 1.82) is 0 Å². The van der Waals surface area contributed by atoms with Crippen LogP contribution < -0.4 is 10.6 Å². The molecular formula is C24H30N6O4S. The molecule has 0 aliphatic heterocycles. The van der Waals surface area contributed by atoms with Crippen LogP contribution in [-0.4, -0.2) is 58.4 Å². The Morgan fingerprint density at radius 2 is 1.83 bits per heavy atom. The zero-order valence-electron chi connectivity index (χ0n) is 20.2. The molecule has 3 rings (SSSR count). The number of carbonyl (C=O) groups is 2. The first-order valence-electron chi connectivity index (χ1n) is 11.3. The molecule has 35 heavy (non-hydrogen) atoms. The van der Waals surface area contributed by atoms with Gasteiger partial charge in [0.05, 0.1) is 16.8 Å². The van der Waals surface area contributed by atoms with Crippen LogP contribution in [0.15, 0.2) is 66.0 Å². The van der Waals surface area contributed by atoms with Crippen LogP contribution in [0.2, 0.25) is 0 Å². The number of anilines is 1. The minimum absolute atomic E-state index is 0.0303. The summed E-state index contributed by atoms with van der Waals surface area (Å²) in [5.74, 6) is -0.574. The van der Waals surface area contributed by atoms with Gasteiger partial charge in [0.25, 0.3) is 5.91 Å². The number of rotatable bonds is 10. The summed E-state index contributed by atoms with van der Waals surface area (Å²) in [6.07, 6.45) is 4.91. The third-order valence-corrected chi connectivity index (χ3v) is 7.48. The fourth-order valence-electron chi connectivity index (χ4n) is 3.49. The van der Waals surface area contributed by atoms with Crippen molar-refractivity contribution in [3.63, 3.8) is 0 Å². The monoisotopic (exact) mass is 498 g/mol. The average molecular weight is 499 g/mol. The highest BCUT2D eigenvalue weighted by Crippen LogP contribution is 2.18. The second-order valence-corrected chi connectivity index (χ2v) is 10.1. The number of benzene rings is 1. The molecule has 0 aliphatic rings. The van der Waals surface area contributed by atoms with Gasteiger partial charge in [-0.05, 0) is 42.3 Å². The largest absolute Gasteiger partial charge is 0.340 e. The van der Waals surface area contributed by atoms with Crippen molar-refractivity contribution < 1.29 is 18.0 Å². The topological polar surface area (TPSA) is 126 Å². The predicted octanol–water partition coefficient (Wildman–Crippen LogP) is 2.69. The molecule has 2 heterocycles. The fraction of sp³-hybridized carbons (Fsp3) is 0.333. The second kappa shape index (κ2) is 11.2. The molecule has 2 N–H and O–H groups in total. The van der Waals surface area contributed by atoms with E-state index in [1.807, 2.05) is 13.8 Å². The maximum absolute atomic E-state index is 13.0. The smallest absolute Gasteiger partial charge is 0.251 e. The highest BCUT2D eigenvalue weighted by atomic mass is 32.2. The molecule has 10 nitrogen and oxygen atoms in total. The Morgan fingerprint density at radius 1 is 1.09 bits per heavy atom. The molecule has 0 radical (unpaired) electrons. The minimum atomic E-state index is -3.72. The van der Waals surface area contributed by atoms with Crippen LogP contribution in [0, 0.1) is 5.92 Å². The van der Waals surface area contributed by atoms with Crippen LogP contribution in [0.25, 0.3) is 5.82 Å². The van der Waals surface area contributed by atoms with Crippen molar-refractivity contribution in [3.05, 3.63) is 66.6 Å². The quantitative estimate of drug-likeness (QED) is 0.443. The normalized spacial score (nSPS) is 12.5. The van der Waals surface area contributed by atoms with Crippen LogP contribution >= 0.6 is 0 Å². The second-order valence-electron chi connectivity index (χ2n) is 8.16. The van der Waals surface area contributed by atoms with Crippen molar-refractivity contribution in [2.75, 3.05) is 18.4 Å². The number of aromatic nitrogens is 3. The zero-order chi connectivity index (χ0) is 25.6. The highest BCUT2D eigenvalue weighted by molar-refractivity contribution is 7.89. The molecule has 2 aromatic heterocycles. The number of carbonyl (C=O) groups excluding carboxylic acids is 2. The van der Waals surface area contributed by atoms with E-state index < -0.39 is 27.9 Å². The van der Waals surface area contributed by atoms with Gasteiger partial charge in [0.1, 0.15) is 6.04 Å². The molecule has 1 aromatic carbocycles. The van der Waals surface area contributed by atoms with E-state index in [-0.39, 0.29) is 16.4 Å². The van der Waals surface area contributed by atoms with Crippen molar-refractivity contribution in [3.8, 4) is 5.82 Å². The maximum Gasteiger partial charge on any atom is 0.251 e. The van der Waals surface area contributed by atoms with Gasteiger partial charge in [-0.15, -0.1) is 0 Å². The Labute approximate surface area is 205 Å². The van der Waals surface area contributed by atoms with Gasteiger partial charge in [-0.3, -0.25) is 9.59 Å². The molecule has 0 spiro atoms. The lowest BCUT2D eigenvalue weighted by Gasteiger charge is -2.22. The lowest BCUT2D eigenvalue weighted by Crippen LogP contribution is -2.47. The van der Waals surface area contributed by atoms with Crippen LogP contribution in [-0.2, 0) is 14.8 Å².